The van der Waals surface area contributed by atoms with Gasteiger partial charge >= 0.3 is 0 Å². The SMILES string of the molecule is Nc1ccc2c(N)c(F)c(Br)cc2n1. The molecule has 5 heteroatoms. The number of hydrogen-bond acceptors (Lipinski definition) is 3. The molecule has 72 valence electrons. The van der Waals surface area contributed by atoms with Crippen molar-refractivity contribution in [2.45, 2.75) is 0 Å². The molecule has 1 heterocycles. The van der Waals surface area contributed by atoms with Gasteiger partial charge in [-0.2, -0.15) is 0 Å². The highest BCUT2D eigenvalue weighted by Gasteiger charge is 2.09. The first kappa shape index (κ1) is 9.21. The summed E-state index contributed by atoms with van der Waals surface area (Å²) in [5.74, 6) is -0.0838. The van der Waals surface area contributed by atoms with Crippen LogP contribution in [0, 0.1) is 5.82 Å². The average molecular weight is 256 g/mol. The Kier molecular flexibility index (Phi) is 2.03. The molecule has 0 spiro atoms. The molecule has 0 atom stereocenters. The number of anilines is 2. The molecule has 0 aliphatic heterocycles. The molecule has 1 aromatic heterocycles. The van der Waals surface area contributed by atoms with Gasteiger partial charge in [-0.05, 0) is 34.1 Å². The van der Waals surface area contributed by atoms with Crippen LogP contribution in [0.5, 0.6) is 0 Å². The van der Waals surface area contributed by atoms with Crippen molar-refractivity contribution >= 4 is 38.3 Å². The Balaban J connectivity index is 2.91. The second-order valence-corrected chi connectivity index (χ2v) is 3.74. The summed E-state index contributed by atoms with van der Waals surface area (Å²) < 4.78 is 13.6. The summed E-state index contributed by atoms with van der Waals surface area (Å²) in [4.78, 5) is 4.04. The summed E-state index contributed by atoms with van der Waals surface area (Å²) in [5.41, 5.74) is 11.7. The van der Waals surface area contributed by atoms with E-state index in [2.05, 4.69) is 20.9 Å². The first-order valence-electron chi connectivity index (χ1n) is 3.89. The number of halogens is 2. The van der Waals surface area contributed by atoms with E-state index in [0.717, 1.165) is 0 Å². The van der Waals surface area contributed by atoms with E-state index in [1.807, 2.05) is 0 Å². The molecular weight excluding hydrogens is 249 g/mol. The summed E-state index contributed by atoms with van der Waals surface area (Å²) in [5, 5.41) is 0.569. The minimum Gasteiger partial charge on any atom is -0.396 e. The van der Waals surface area contributed by atoms with E-state index in [1.165, 1.54) is 0 Å². The average Bonchev–Trinajstić information content (AvgIpc) is 2.14. The molecule has 4 N–H and O–H groups in total. The van der Waals surface area contributed by atoms with Crippen molar-refractivity contribution in [3.63, 3.8) is 0 Å². The number of benzene rings is 1. The van der Waals surface area contributed by atoms with E-state index in [9.17, 15) is 4.39 Å². The first-order valence-corrected chi connectivity index (χ1v) is 4.68. The summed E-state index contributed by atoms with van der Waals surface area (Å²) in [6.07, 6.45) is 0. The third kappa shape index (κ3) is 1.29. The highest BCUT2D eigenvalue weighted by Crippen LogP contribution is 2.29. The number of hydrogen-bond donors (Lipinski definition) is 2. The number of aromatic nitrogens is 1. The van der Waals surface area contributed by atoms with Gasteiger partial charge in [-0.15, -0.1) is 0 Å². The molecular formula is C9H7BrFN3. The fourth-order valence-corrected chi connectivity index (χ4v) is 1.69. The van der Waals surface area contributed by atoms with Crippen LogP contribution < -0.4 is 11.5 Å². The van der Waals surface area contributed by atoms with Crippen LogP contribution in [0.25, 0.3) is 10.9 Å². The maximum Gasteiger partial charge on any atom is 0.161 e. The highest BCUT2D eigenvalue weighted by molar-refractivity contribution is 9.10. The van der Waals surface area contributed by atoms with E-state index in [1.54, 1.807) is 18.2 Å². The van der Waals surface area contributed by atoms with E-state index in [-0.39, 0.29) is 5.69 Å². The fourth-order valence-electron chi connectivity index (χ4n) is 1.26. The van der Waals surface area contributed by atoms with Gasteiger partial charge in [0, 0.05) is 5.39 Å². The highest BCUT2D eigenvalue weighted by atomic mass is 79.9. The molecule has 3 nitrogen and oxygen atoms in total. The number of rotatable bonds is 0. The largest absolute Gasteiger partial charge is 0.396 e. The molecule has 0 aliphatic carbocycles. The number of nitrogens with zero attached hydrogens (tertiary/aromatic N) is 1. The predicted octanol–water partition coefficient (Wildman–Crippen LogP) is 2.30. The van der Waals surface area contributed by atoms with Crippen LogP contribution in [0.1, 0.15) is 0 Å². The summed E-state index contributed by atoms with van der Waals surface area (Å²) in [7, 11) is 0. The molecule has 0 amide bonds. The van der Waals surface area contributed by atoms with Gasteiger partial charge < -0.3 is 11.5 Å². The Labute approximate surface area is 88.0 Å². The second kappa shape index (κ2) is 3.09. The van der Waals surface area contributed by atoms with Gasteiger partial charge in [0.2, 0.25) is 0 Å². The number of fused-ring (bicyclic) bond motifs is 1. The van der Waals surface area contributed by atoms with Crippen LogP contribution in [0.4, 0.5) is 15.9 Å². The second-order valence-electron chi connectivity index (χ2n) is 2.89. The van der Waals surface area contributed by atoms with Gasteiger partial charge in [0.05, 0.1) is 15.7 Å². The Hall–Kier alpha value is -1.36. The zero-order valence-corrected chi connectivity index (χ0v) is 8.68. The maximum absolute atomic E-state index is 13.3. The quantitative estimate of drug-likeness (QED) is 0.711. The molecule has 0 bridgehead atoms. The smallest absolute Gasteiger partial charge is 0.161 e. The lowest BCUT2D eigenvalue weighted by molar-refractivity contribution is 0.627. The zero-order valence-electron chi connectivity index (χ0n) is 7.09. The van der Waals surface area contributed by atoms with Crippen LogP contribution in [0.2, 0.25) is 0 Å². The first-order chi connectivity index (χ1) is 6.59. The Morgan fingerprint density at radius 2 is 2.00 bits per heavy atom. The van der Waals surface area contributed by atoms with E-state index in [0.29, 0.717) is 21.2 Å². The zero-order chi connectivity index (χ0) is 10.3. The molecule has 14 heavy (non-hydrogen) atoms. The standard InChI is InChI=1S/C9H7BrFN3/c10-5-3-6-4(9(13)8(5)11)1-2-7(12)14-6/h1-3H,13H2,(H2,12,14). The molecule has 0 saturated heterocycles. The molecule has 2 aromatic rings. The molecule has 0 saturated carbocycles. The van der Waals surface area contributed by atoms with Crippen molar-refractivity contribution in [3.05, 3.63) is 28.5 Å². The Morgan fingerprint density at radius 1 is 1.29 bits per heavy atom. The maximum atomic E-state index is 13.3. The summed E-state index contributed by atoms with van der Waals surface area (Å²) in [6, 6.07) is 4.80. The molecule has 2 rings (SSSR count). The number of pyridine rings is 1. The predicted molar refractivity (Wildman–Crippen MR) is 58.2 cm³/mol. The van der Waals surface area contributed by atoms with Crippen LogP contribution in [0.15, 0.2) is 22.7 Å². The lowest BCUT2D eigenvalue weighted by Crippen LogP contribution is -1.96. The van der Waals surface area contributed by atoms with E-state index >= 15 is 0 Å². The lowest BCUT2D eigenvalue weighted by Gasteiger charge is -2.05. The van der Waals surface area contributed by atoms with Crippen LogP contribution >= 0.6 is 15.9 Å². The minimum absolute atomic E-state index is 0.0851. The molecule has 0 fully saturated rings. The van der Waals surface area contributed by atoms with Crippen LogP contribution in [-0.2, 0) is 0 Å². The minimum atomic E-state index is -0.468. The van der Waals surface area contributed by atoms with Gasteiger partial charge in [0.15, 0.2) is 5.82 Å². The molecule has 0 radical (unpaired) electrons. The number of nitrogen functional groups attached to an aromatic ring is 2. The van der Waals surface area contributed by atoms with Crippen molar-refractivity contribution in [1.82, 2.24) is 4.98 Å². The molecule has 0 unspecified atom stereocenters. The van der Waals surface area contributed by atoms with Gasteiger partial charge in [-0.3, -0.25) is 0 Å². The van der Waals surface area contributed by atoms with E-state index < -0.39 is 5.82 Å². The van der Waals surface area contributed by atoms with Crippen molar-refractivity contribution in [2.24, 2.45) is 0 Å². The normalized spacial score (nSPS) is 10.7. The third-order valence-electron chi connectivity index (χ3n) is 1.95. The summed E-state index contributed by atoms with van der Waals surface area (Å²) in [6.45, 7) is 0. The molecule has 1 aromatic carbocycles. The van der Waals surface area contributed by atoms with Gasteiger partial charge in [-0.1, -0.05) is 0 Å². The van der Waals surface area contributed by atoms with Crippen LogP contribution in [0.3, 0.4) is 0 Å². The molecule has 0 aliphatic rings. The Bertz CT molecular complexity index is 513. The van der Waals surface area contributed by atoms with Crippen molar-refractivity contribution in [1.29, 1.82) is 0 Å². The van der Waals surface area contributed by atoms with E-state index in [4.69, 9.17) is 11.5 Å². The van der Waals surface area contributed by atoms with Gasteiger partial charge in [-0.25, -0.2) is 9.37 Å². The third-order valence-corrected chi connectivity index (χ3v) is 2.52. The van der Waals surface area contributed by atoms with Crippen LogP contribution in [-0.4, -0.2) is 4.98 Å². The topological polar surface area (TPSA) is 64.9 Å². The van der Waals surface area contributed by atoms with Gasteiger partial charge in [0.1, 0.15) is 5.82 Å². The summed E-state index contributed by atoms with van der Waals surface area (Å²) >= 11 is 3.06. The monoisotopic (exact) mass is 255 g/mol. The van der Waals surface area contributed by atoms with Gasteiger partial charge in [0.25, 0.3) is 0 Å². The van der Waals surface area contributed by atoms with Crippen molar-refractivity contribution in [3.8, 4) is 0 Å². The lowest BCUT2D eigenvalue weighted by atomic mass is 10.2. The van der Waals surface area contributed by atoms with Crippen molar-refractivity contribution < 1.29 is 4.39 Å². The van der Waals surface area contributed by atoms with Crippen molar-refractivity contribution in [2.75, 3.05) is 11.5 Å². The fraction of sp³-hybridized carbons (Fsp3) is 0. The number of nitrogens with two attached hydrogens (primary N) is 2. The Morgan fingerprint density at radius 3 is 2.71 bits per heavy atom.